The van der Waals surface area contributed by atoms with Crippen LogP contribution in [-0.2, 0) is 23.0 Å². The zero-order valence-corrected chi connectivity index (χ0v) is 20.1. The molecule has 2 atom stereocenters. The molecule has 2 aromatic heterocycles. The summed E-state index contributed by atoms with van der Waals surface area (Å²) in [5.74, 6) is -0.455. The van der Waals surface area contributed by atoms with Crippen LogP contribution >= 0.6 is 0 Å². The molecule has 0 aromatic carbocycles. The predicted octanol–water partition coefficient (Wildman–Crippen LogP) is 3.37. The maximum absolute atomic E-state index is 12.3. The van der Waals surface area contributed by atoms with Gasteiger partial charge in [-0.1, -0.05) is 5.21 Å². The number of carboxylic acid groups (broad SMARTS) is 1. The van der Waals surface area contributed by atoms with Crippen LogP contribution in [0.15, 0.2) is 12.1 Å². The van der Waals surface area contributed by atoms with Crippen molar-refractivity contribution >= 4 is 12.1 Å². The molecule has 2 aromatic rings. The lowest BCUT2D eigenvalue weighted by atomic mass is 9.87. The van der Waals surface area contributed by atoms with Gasteiger partial charge in [-0.15, -0.1) is 5.10 Å². The maximum atomic E-state index is 12.3. The number of ether oxygens (including phenoxy) is 2. The normalized spacial score (nSPS) is 20.4. The van der Waals surface area contributed by atoms with E-state index >= 15 is 0 Å². The molecule has 1 amide bonds. The van der Waals surface area contributed by atoms with Gasteiger partial charge in [-0.2, -0.15) is 0 Å². The molecule has 1 N–H and O–H groups in total. The Balaban J connectivity index is 1.39. The smallest absolute Gasteiger partial charge is 0.409 e. The second-order valence-corrected chi connectivity index (χ2v) is 9.29. The van der Waals surface area contributed by atoms with Crippen LogP contribution in [0.1, 0.15) is 56.3 Å². The Morgan fingerprint density at radius 3 is 2.65 bits per heavy atom. The van der Waals surface area contributed by atoms with E-state index in [1.807, 2.05) is 19.1 Å². The average molecular weight is 472 g/mol. The van der Waals surface area contributed by atoms with E-state index in [9.17, 15) is 14.7 Å². The quantitative estimate of drug-likeness (QED) is 0.622. The van der Waals surface area contributed by atoms with Crippen LogP contribution in [0.2, 0.25) is 0 Å². The minimum Gasteiger partial charge on any atom is -0.489 e. The van der Waals surface area contributed by atoms with E-state index in [-0.39, 0.29) is 30.8 Å². The maximum Gasteiger partial charge on any atom is 0.409 e. The summed E-state index contributed by atoms with van der Waals surface area (Å²) in [5, 5.41) is 17.7. The van der Waals surface area contributed by atoms with Crippen molar-refractivity contribution < 1.29 is 24.2 Å². The number of hydrogen-bond acceptors (Lipinski definition) is 7. The lowest BCUT2D eigenvalue weighted by molar-refractivity contribution is -0.143. The van der Waals surface area contributed by atoms with Crippen molar-refractivity contribution in [2.45, 2.75) is 70.4 Å². The van der Waals surface area contributed by atoms with Crippen molar-refractivity contribution in [3.8, 4) is 17.1 Å². The fourth-order valence-electron chi connectivity index (χ4n) is 4.58. The molecule has 10 heteroatoms. The van der Waals surface area contributed by atoms with Gasteiger partial charge in [0.25, 0.3) is 0 Å². The molecule has 0 saturated heterocycles. The molecular weight excluding hydrogens is 438 g/mol. The summed E-state index contributed by atoms with van der Waals surface area (Å²) in [4.78, 5) is 29.9. The third-order valence-corrected chi connectivity index (χ3v) is 6.97. The Labute approximate surface area is 199 Å². The number of aryl methyl sites for hydroxylation is 2. The summed E-state index contributed by atoms with van der Waals surface area (Å²) in [7, 11) is 3.59. The molecule has 4 rings (SSSR count). The molecule has 0 radical (unpaired) electrons. The fourth-order valence-corrected chi connectivity index (χ4v) is 4.58. The summed E-state index contributed by atoms with van der Waals surface area (Å²) in [6.45, 7) is 2.10. The number of amides is 1. The number of carboxylic acids is 1. The number of rotatable bonds is 8. The number of hydrogen-bond donors (Lipinski definition) is 1. The number of aromatic nitrogens is 4. The van der Waals surface area contributed by atoms with Crippen LogP contribution in [0.4, 0.5) is 4.79 Å². The van der Waals surface area contributed by atoms with Gasteiger partial charge in [0, 0.05) is 26.6 Å². The van der Waals surface area contributed by atoms with Crippen molar-refractivity contribution in [2.24, 2.45) is 13.0 Å². The first kappa shape index (κ1) is 24.0. The highest BCUT2D eigenvalue weighted by Gasteiger charge is 2.29. The summed E-state index contributed by atoms with van der Waals surface area (Å²) in [6.07, 6.45) is 6.18. The van der Waals surface area contributed by atoms with Crippen molar-refractivity contribution in [3.63, 3.8) is 0 Å². The first-order valence-corrected chi connectivity index (χ1v) is 12.0. The molecule has 0 bridgehead atoms. The van der Waals surface area contributed by atoms with E-state index in [2.05, 4.69) is 15.3 Å². The molecule has 2 aliphatic carbocycles. The third-order valence-electron chi connectivity index (χ3n) is 6.97. The van der Waals surface area contributed by atoms with E-state index in [0.717, 1.165) is 37.8 Å². The third kappa shape index (κ3) is 5.31. The van der Waals surface area contributed by atoms with Crippen LogP contribution in [0.3, 0.4) is 0 Å². The molecule has 10 nitrogen and oxygen atoms in total. The highest BCUT2D eigenvalue weighted by atomic mass is 16.6. The minimum atomic E-state index is -0.756. The first-order valence-electron chi connectivity index (χ1n) is 12.0. The van der Waals surface area contributed by atoms with Gasteiger partial charge in [-0.05, 0) is 64.0 Å². The molecule has 2 fully saturated rings. The summed E-state index contributed by atoms with van der Waals surface area (Å²) >= 11 is 0. The van der Waals surface area contributed by atoms with Crippen molar-refractivity contribution in [1.82, 2.24) is 24.9 Å². The molecule has 34 heavy (non-hydrogen) atoms. The minimum absolute atomic E-state index is 0.124. The first-order chi connectivity index (χ1) is 16.3. The highest BCUT2D eigenvalue weighted by molar-refractivity contribution is 5.70. The lowest BCUT2D eigenvalue weighted by Crippen LogP contribution is -2.41. The average Bonchev–Trinajstić information content (AvgIpc) is 3.14. The van der Waals surface area contributed by atoms with Crippen LogP contribution in [0.25, 0.3) is 11.4 Å². The van der Waals surface area contributed by atoms with E-state index in [0.29, 0.717) is 42.1 Å². The van der Waals surface area contributed by atoms with E-state index < -0.39 is 5.97 Å². The van der Waals surface area contributed by atoms with Gasteiger partial charge in [0.1, 0.15) is 11.4 Å². The topological polar surface area (TPSA) is 120 Å². The highest BCUT2D eigenvalue weighted by Crippen LogP contribution is 2.30. The summed E-state index contributed by atoms with van der Waals surface area (Å²) < 4.78 is 13.3. The molecule has 0 spiro atoms. The van der Waals surface area contributed by atoms with Crippen molar-refractivity contribution in [3.05, 3.63) is 23.5 Å². The van der Waals surface area contributed by atoms with E-state index in [1.54, 1.807) is 23.7 Å². The van der Waals surface area contributed by atoms with Crippen LogP contribution in [0.5, 0.6) is 5.75 Å². The SMILES string of the molecule is Cc1nc(-c2nnn(C)c2CCOC(=O)N(C)C2CCC2)ccc1O[C@H]1CCC[C@H](C(=O)O)C1. The van der Waals surface area contributed by atoms with Gasteiger partial charge in [-0.3, -0.25) is 9.48 Å². The number of pyridine rings is 1. The van der Waals surface area contributed by atoms with Gasteiger partial charge in [0.05, 0.1) is 35.7 Å². The van der Waals surface area contributed by atoms with Gasteiger partial charge >= 0.3 is 12.1 Å². The summed E-state index contributed by atoms with van der Waals surface area (Å²) in [5.41, 5.74) is 2.85. The molecule has 2 saturated carbocycles. The number of aliphatic carboxylic acids is 1. The van der Waals surface area contributed by atoms with Crippen LogP contribution < -0.4 is 4.74 Å². The Kier molecular flexibility index (Phi) is 7.33. The molecule has 0 unspecified atom stereocenters. The monoisotopic (exact) mass is 471 g/mol. The Morgan fingerprint density at radius 1 is 1.21 bits per heavy atom. The molecule has 0 aliphatic heterocycles. The van der Waals surface area contributed by atoms with Crippen LogP contribution in [-0.4, -0.2) is 67.8 Å². The van der Waals surface area contributed by atoms with Crippen molar-refractivity contribution in [1.29, 1.82) is 0 Å². The number of carbonyl (C=O) groups excluding carboxylic acids is 1. The van der Waals surface area contributed by atoms with Gasteiger partial charge in [0.15, 0.2) is 0 Å². The number of nitrogens with zero attached hydrogens (tertiary/aromatic N) is 5. The lowest BCUT2D eigenvalue weighted by Gasteiger charge is -2.33. The largest absolute Gasteiger partial charge is 0.489 e. The van der Waals surface area contributed by atoms with Gasteiger partial charge in [-0.25, -0.2) is 9.78 Å². The molecule has 2 aliphatic rings. The Morgan fingerprint density at radius 2 is 1.97 bits per heavy atom. The molecule has 184 valence electrons. The predicted molar refractivity (Wildman–Crippen MR) is 123 cm³/mol. The second-order valence-electron chi connectivity index (χ2n) is 9.29. The zero-order chi connectivity index (χ0) is 24.2. The summed E-state index contributed by atoms with van der Waals surface area (Å²) in [6, 6.07) is 3.98. The molecule has 2 heterocycles. The van der Waals surface area contributed by atoms with E-state index in [4.69, 9.17) is 9.47 Å². The Bertz CT molecular complexity index is 1030. The zero-order valence-electron chi connectivity index (χ0n) is 20.1. The van der Waals surface area contributed by atoms with Gasteiger partial charge in [0.2, 0.25) is 0 Å². The Hall–Kier alpha value is -3.17. The van der Waals surface area contributed by atoms with Crippen LogP contribution in [0, 0.1) is 12.8 Å². The van der Waals surface area contributed by atoms with Gasteiger partial charge < -0.3 is 19.5 Å². The molecular formula is C24H33N5O5. The standard InChI is InChI=1S/C24H33N5O5/c1-15-21(34-18-9-4-6-16(14-18)23(30)31)11-10-19(25-15)22-20(29(3)27-26-22)12-13-33-24(32)28(2)17-7-5-8-17/h10-11,16-18H,4-9,12-14H2,1-3H3,(H,30,31)/t16-,18-/m0/s1. The van der Waals surface area contributed by atoms with Crippen molar-refractivity contribution in [2.75, 3.05) is 13.7 Å². The fraction of sp³-hybridized carbons (Fsp3) is 0.625. The number of carbonyl (C=O) groups is 2. The second kappa shape index (κ2) is 10.4. The van der Waals surface area contributed by atoms with E-state index in [1.165, 1.54) is 0 Å².